The SMILES string of the molecule is CCNC(=O)C(NC(=O)[C@H](C)N)C(C)C. The molecule has 2 amide bonds. The van der Waals surface area contributed by atoms with Crippen molar-refractivity contribution in [2.45, 2.75) is 39.8 Å². The number of carbonyl (C=O) groups is 2. The van der Waals surface area contributed by atoms with Crippen LogP contribution in [0.5, 0.6) is 0 Å². The molecule has 0 aromatic heterocycles. The molecule has 2 atom stereocenters. The van der Waals surface area contributed by atoms with Gasteiger partial charge in [-0.15, -0.1) is 0 Å². The lowest BCUT2D eigenvalue weighted by Gasteiger charge is -2.22. The van der Waals surface area contributed by atoms with Crippen LogP contribution < -0.4 is 16.4 Å². The van der Waals surface area contributed by atoms with E-state index in [0.717, 1.165) is 0 Å². The second-order valence-corrected chi connectivity index (χ2v) is 3.91. The highest BCUT2D eigenvalue weighted by atomic mass is 16.2. The van der Waals surface area contributed by atoms with Gasteiger partial charge >= 0.3 is 0 Å². The quantitative estimate of drug-likeness (QED) is 0.584. The molecule has 0 aromatic carbocycles. The molecule has 5 nitrogen and oxygen atoms in total. The summed E-state index contributed by atoms with van der Waals surface area (Å²) in [4.78, 5) is 22.9. The van der Waals surface area contributed by atoms with E-state index in [0.29, 0.717) is 6.54 Å². The zero-order valence-corrected chi connectivity index (χ0v) is 9.83. The molecule has 88 valence electrons. The van der Waals surface area contributed by atoms with Gasteiger partial charge in [0.15, 0.2) is 0 Å². The maximum atomic E-state index is 11.6. The Kier molecular flexibility index (Phi) is 5.93. The van der Waals surface area contributed by atoms with Crippen LogP contribution in [-0.2, 0) is 9.59 Å². The fraction of sp³-hybridized carbons (Fsp3) is 0.800. The van der Waals surface area contributed by atoms with Crippen molar-refractivity contribution in [1.29, 1.82) is 0 Å². The van der Waals surface area contributed by atoms with Crippen molar-refractivity contribution >= 4 is 11.8 Å². The minimum absolute atomic E-state index is 0.0410. The van der Waals surface area contributed by atoms with Crippen LogP contribution in [-0.4, -0.2) is 30.4 Å². The number of nitrogens with one attached hydrogen (secondary N) is 2. The number of rotatable bonds is 5. The Bertz CT molecular complexity index is 227. The fourth-order valence-corrected chi connectivity index (χ4v) is 1.10. The number of hydrogen-bond acceptors (Lipinski definition) is 3. The van der Waals surface area contributed by atoms with E-state index in [9.17, 15) is 9.59 Å². The average molecular weight is 215 g/mol. The first-order valence-corrected chi connectivity index (χ1v) is 5.23. The molecule has 0 aliphatic heterocycles. The van der Waals surface area contributed by atoms with Gasteiger partial charge in [0.25, 0.3) is 0 Å². The van der Waals surface area contributed by atoms with Crippen LogP contribution >= 0.6 is 0 Å². The molecule has 0 saturated heterocycles. The molecular weight excluding hydrogens is 194 g/mol. The van der Waals surface area contributed by atoms with Crippen molar-refractivity contribution < 1.29 is 9.59 Å². The first kappa shape index (κ1) is 13.9. The van der Waals surface area contributed by atoms with Gasteiger partial charge in [-0.25, -0.2) is 0 Å². The van der Waals surface area contributed by atoms with Gasteiger partial charge in [-0.3, -0.25) is 9.59 Å². The molecule has 0 bridgehead atoms. The van der Waals surface area contributed by atoms with Crippen molar-refractivity contribution in [1.82, 2.24) is 10.6 Å². The van der Waals surface area contributed by atoms with Crippen molar-refractivity contribution in [3.05, 3.63) is 0 Å². The number of amides is 2. The number of likely N-dealkylation sites (N-methyl/N-ethyl adjacent to an activating group) is 1. The molecule has 0 fully saturated rings. The zero-order valence-electron chi connectivity index (χ0n) is 9.83. The Morgan fingerprint density at radius 1 is 1.20 bits per heavy atom. The predicted molar refractivity (Wildman–Crippen MR) is 59.1 cm³/mol. The van der Waals surface area contributed by atoms with E-state index in [1.54, 1.807) is 6.92 Å². The van der Waals surface area contributed by atoms with Crippen LogP contribution in [0.2, 0.25) is 0 Å². The van der Waals surface area contributed by atoms with E-state index >= 15 is 0 Å². The molecule has 0 radical (unpaired) electrons. The Morgan fingerprint density at radius 3 is 2.07 bits per heavy atom. The summed E-state index contributed by atoms with van der Waals surface area (Å²) in [5.41, 5.74) is 5.41. The summed E-state index contributed by atoms with van der Waals surface area (Å²) in [5.74, 6) is -0.430. The van der Waals surface area contributed by atoms with Crippen LogP contribution in [0.3, 0.4) is 0 Å². The third-order valence-electron chi connectivity index (χ3n) is 2.01. The molecule has 0 rings (SSSR count). The number of carbonyl (C=O) groups excluding carboxylic acids is 2. The van der Waals surface area contributed by atoms with Gasteiger partial charge in [0.05, 0.1) is 6.04 Å². The number of hydrogen-bond donors (Lipinski definition) is 3. The third kappa shape index (κ3) is 4.78. The summed E-state index contributed by atoms with van der Waals surface area (Å²) in [7, 11) is 0. The molecule has 4 N–H and O–H groups in total. The van der Waals surface area contributed by atoms with Gasteiger partial charge in [-0.2, -0.15) is 0 Å². The molecule has 0 aliphatic carbocycles. The van der Waals surface area contributed by atoms with Crippen molar-refractivity contribution in [2.75, 3.05) is 6.54 Å². The van der Waals surface area contributed by atoms with Crippen LogP contribution in [0.25, 0.3) is 0 Å². The van der Waals surface area contributed by atoms with Gasteiger partial charge in [0.2, 0.25) is 11.8 Å². The van der Waals surface area contributed by atoms with Gasteiger partial charge in [0.1, 0.15) is 6.04 Å². The van der Waals surface area contributed by atoms with E-state index in [1.165, 1.54) is 0 Å². The highest BCUT2D eigenvalue weighted by Crippen LogP contribution is 2.01. The largest absolute Gasteiger partial charge is 0.355 e. The molecule has 0 saturated carbocycles. The molecule has 0 aromatic rings. The van der Waals surface area contributed by atoms with Crippen LogP contribution in [0.1, 0.15) is 27.7 Å². The van der Waals surface area contributed by atoms with E-state index < -0.39 is 12.1 Å². The first-order chi connectivity index (χ1) is 6.90. The topological polar surface area (TPSA) is 84.2 Å². The maximum Gasteiger partial charge on any atom is 0.242 e. The van der Waals surface area contributed by atoms with Crippen LogP contribution in [0.4, 0.5) is 0 Å². The minimum Gasteiger partial charge on any atom is -0.355 e. The highest BCUT2D eigenvalue weighted by molar-refractivity contribution is 5.89. The monoisotopic (exact) mass is 215 g/mol. The zero-order chi connectivity index (χ0) is 12.0. The van der Waals surface area contributed by atoms with Gasteiger partial charge in [-0.1, -0.05) is 13.8 Å². The van der Waals surface area contributed by atoms with E-state index in [4.69, 9.17) is 5.73 Å². The van der Waals surface area contributed by atoms with Crippen LogP contribution in [0.15, 0.2) is 0 Å². The van der Waals surface area contributed by atoms with Gasteiger partial charge in [-0.05, 0) is 19.8 Å². The second kappa shape index (κ2) is 6.40. The van der Waals surface area contributed by atoms with Gasteiger partial charge < -0.3 is 16.4 Å². The molecule has 0 spiro atoms. The average Bonchev–Trinajstić information content (AvgIpc) is 2.13. The molecular formula is C10H21N3O2. The highest BCUT2D eigenvalue weighted by Gasteiger charge is 2.24. The van der Waals surface area contributed by atoms with Crippen molar-refractivity contribution in [3.8, 4) is 0 Å². The fourth-order valence-electron chi connectivity index (χ4n) is 1.10. The third-order valence-corrected chi connectivity index (χ3v) is 2.01. The smallest absolute Gasteiger partial charge is 0.242 e. The first-order valence-electron chi connectivity index (χ1n) is 5.23. The summed E-state index contributed by atoms with van der Waals surface area (Å²) < 4.78 is 0. The standard InChI is InChI=1S/C10H21N3O2/c1-5-12-10(15)8(6(2)3)13-9(14)7(4)11/h6-8H,5,11H2,1-4H3,(H,12,15)(H,13,14)/t7-,8?/m0/s1. The van der Waals surface area contributed by atoms with E-state index in [1.807, 2.05) is 20.8 Å². The van der Waals surface area contributed by atoms with E-state index in [2.05, 4.69) is 10.6 Å². The normalized spacial score (nSPS) is 14.5. The summed E-state index contributed by atoms with van der Waals surface area (Å²) >= 11 is 0. The Labute approximate surface area is 90.8 Å². The molecule has 0 heterocycles. The Hall–Kier alpha value is -1.10. The van der Waals surface area contributed by atoms with E-state index in [-0.39, 0.29) is 17.7 Å². The van der Waals surface area contributed by atoms with Crippen molar-refractivity contribution in [2.24, 2.45) is 11.7 Å². The lowest BCUT2D eigenvalue weighted by atomic mass is 10.0. The lowest BCUT2D eigenvalue weighted by Crippen LogP contribution is -2.53. The Morgan fingerprint density at radius 2 is 1.73 bits per heavy atom. The predicted octanol–water partition coefficient (Wildman–Crippen LogP) is -0.389. The molecule has 15 heavy (non-hydrogen) atoms. The maximum absolute atomic E-state index is 11.6. The molecule has 1 unspecified atom stereocenters. The minimum atomic E-state index is -0.597. The molecule has 5 heteroatoms. The second-order valence-electron chi connectivity index (χ2n) is 3.91. The lowest BCUT2D eigenvalue weighted by molar-refractivity contribution is -0.130. The van der Waals surface area contributed by atoms with Crippen molar-refractivity contribution in [3.63, 3.8) is 0 Å². The summed E-state index contributed by atoms with van der Waals surface area (Å²) in [6.07, 6.45) is 0. The summed E-state index contributed by atoms with van der Waals surface area (Å²) in [5, 5.41) is 5.30. The number of nitrogens with two attached hydrogens (primary N) is 1. The van der Waals surface area contributed by atoms with Crippen LogP contribution in [0, 0.1) is 5.92 Å². The summed E-state index contributed by atoms with van der Waals surface area (Å²) in [6, 6.07) is -1.11. The Balaban J connectivity index is 4.41. The van der Waals surface area contributed by atoms with Gasteiger partial charge in [0, 0.05) is 6.54 Å². The molecule has 0 aliphatic rings. The summed E-state index contributed by atoms with van der Waals surface area (Å²) in [6.45, 7) is 7.73.